The molecule has 2 aromatic heterocycles. The van der Waals surface area contributed by atoms with Gasteiger partial charge in [0.25, 0.3) is 0 Å². The van der Waals surface area contributed by atoms with Crippen LogP contribution in [0.2, 0.25) is 0 Å². The van der Waals surface area contributed by atoms with Crippen LogP contribution in [0, 0.1) is 11.8 Å². The van der Waals surface area contributed by atoms with Gasteiger partial charge in [-0.1, -0.05) is 24.3 Å². The van der Waals surface area contributed by atoms with Gasteiger partial charge < -0.3 is 15.5 Å². The van der Waals surface area contributed by atoms with Crippen molar-refractivity contribution in [2.75, 3.05) is 25.4 Å². The molecule has 1 aliphatic heterocycles. The zero-order chi connectivity index (χ0) is 21.4. The highest BCUT2D eigenvalue weighted by atomic mass is 16.5. The third-order valence-corrected chi connectivity index (χ3v) is 6.85. The predicted octanol–water partition coefficient (Wildman–Crippen LogP) is 4.21. The largest absolute Gasteiger partial charge is 0.384 e. The number of aromatic nitrogens is 2. The summed E-state index contributed by atoms with van der Waals surface area (Å²) in [5, 5.41) is 1.10. The number of nitrogens with two attached hydrogens (primary N) is 1. The number of hydrogen-bond acceptors (Lipinski definition) is 5. The molecule has 1 saturated carbocycles. The van der Waals surface area contributed by atoms with Crippen LogP contribution in [0.4, 0.5) is 5.82 Å². The van der Waals surface area contributed by atoms with Crippen LogP contribution in [0.5, 0.6) is 0 Å². The number of Topliss-reactive ketones (excluding diaryl/α,β-unsaturated/α-hetero) is 1. The number of nitrogens with one attached hydrogen (secondary N) is 1. The van der Waals surface area contributed by atoms with Gasteiger partial charge in [-0.15, -0.1) is 0 Å². The number of ketones is 1. The maximum absolute atomic E-state index is 12.6. The number of anilines is 1. The Labute approximate surface area is 182 Å². The number of aromatic amines is 1. The summed E-state index contributed by atoms with van der Waals surface area (Å²) in [5.74, 6) is 2.09. The molecule has 3 N–H and O–H groups in total. The monoisotopic (exact) mass is 418 g/mol. The number of carbonyl (C=O) groups is 1. The van der Waals surface area contributed by atoms with Crippen LogP contribution >= 0.6 is 0 Å². The fourth-order valence-electron chi connectivity index (χ4n) is 4.73. The number of hydrogen-bond donors (Lipinski definition) is 2. The summed E-state index contributed by atoms with van der Waals surface area (Å²) in [4.78, 5) is 22.7. The average molecular weight is 419 g/mol. The summed E-state index contributed by atoms with van der Waals surface area (Å²) in [6.45, 7) is 4.91. The first kappa shape index (κ1) is 20.2. The molecule has 5 rings (SSSR count). The first-order valence-electron chi connectivity index (χ1n) is 11.2. The second-order valence-corrected chi connectivity index (χ2v) is 9.13. The molecule has 2 aliphatic rings. The molecular weight excluding hydrogens is 388 g/mol. The van der Waals surface area contributed by atoms with Gasteiger partial charge in [0.2, 0.25) is 0 Å². The Bertz CT molecular complexity index is 1030. The minimum Gasteiger partial charge on any atom is -0.384 e. The number of benzene rings is 1. The number of H-pyrrole nitrogens is 1. The third kappa shape index (κ3) is 4.50. The predicted molar refractivity (Wildman–Crippen MR) is 122 cm³/mol. The van der Waals surface area contributed by atoms with Crippen molar-refractivity contribution in [3.63, 3.8) is 0 Å². The molecule has 2 unspecified atom stereocenters. The maximum Gasteiger partial charge on any atom is 0.179 e. The minimum absolute atomic E-state index is 0.0464. The van der Waals surface area contributed by atoms with Crippen molar-refractivity contribution in [2.24, 2.45) is 11.8 Å². The highest BCUT2D eigenvalue weighted by Gasteiger charge is 2.40. The van der Waals surface area contributed by atoms with Crippen molar-refractivity contribution in [1.29, 1.82) is 0 Å². The molecule has 0 bridgehead atoms. The molecule has 6 heteroatoms. The Morgan fingerprint density at radius 1 is 1.26 bits per heavy atom. The highest BCUT2D eigenvalue weighted by Crippen LogP contribution is 2.43. The molecule has 0 radical (unpaired) electrons. The number of nitrogens with zero attached hydrogens (tertiary/aromatic N) is 2. The topological polar surface area (TPSA) is 84.2 Å². The molecule has 6 nitrogen and oxygen atoms in total. The number of carbonyl (C=O) groups excluding carboxylic acids is 1. The van der Waals surface area contributed by atoms with Gasteiger partial charge in [0.05, 0.1) is 18.4 Å². The quantitative estimate of drug-likeness (QED) is 0.562. The number of fused-ring (bicyclic) bond motifs is 1. The number of para-hydroxylation sites is 1. The smallest absolute Gasteiger partial charge is 0.179 e. The van der Waals surface area contributed by atoms with Gasteiger partial charge in [0.1, 0.15) is 5.82 Å². The van der Waals surface area contributed by atoms with E-state index in [-0.39, 0.29) is 11.9 Å². The molecule has 2 fully saturated rings. The summed E-state index contributed by atoms with van der Waals surface area (Å²) >= 11 is 0. The molecular formula is C25H30N4O2. The minimum atomic E-state index is 0.0464. The average Bonchev–Trinajstić information content (AvgIpc) is 3.37. The van der Waals surface area contributed by atoms with Crippen molar-refractivity contribution in [3.05, 3.63) is 59.9 Å². The first-order chi connectivity index (χ1) is 15.1. The first-order valence-corrected chi connectivity index (χ1v) is 11.2. The van der Waals surface area contributed by atoms with Gasteiger partial charge in [-0.25, -0.2) is 4.98 Å². The molecule has 0 spiro atoms. The summed E-state index contributed by atoms with van der Waals surface area (Å²) in [5.41, 5.74) is 8.56. The van der Waals surface area contributed by atoms with Crippen LogP contribution in [0.25, 0.3) is 10.9 Å². The van der Waals surface area contributed by atoms with E-state index in [0.717, 1.165) is 48.3 Å². The molecule has 1 saturated heterocycles. The van der Waals surface area contributed by atoms with Crippen LogP contribution in [0.15, 0.2) is 48.7 Å². The third-order valence-electron chi connectivity index (χ3n) is 6.85. The van der Waals surface area contributed by atoms with Crippen molar-refractivity contribution < 1.29 is 9.53 Å². The fourth-order valence-corrected chi connectivity index (χ4v) is 4.73. The molecule has 1 aromatic carbocycles. The standard InChI is InChI=1S/C25H30N4O2/c1-16-15-31-24(19-7-9-25(26)27-12-19)14-29(16)13-20-10-17(20)6-8-23(30)22-11-18-4-2-3-5-21(18)28-22/h2-5,7,9,11-12,16-17,20,24,28H,6,8,10,13-15H2,1H3,(H2,26,27)/t16-,17?,20?,24-/m0/s1. The lowest BCUT2D eigenvalue weighted by Gasteiger charge is -2.38. The van der Waals surface area contributed by atoms with Crippen molar-refractivity contribution >= 4 is 22.5 Å². The lowest BCUT2D eigenvalue weighted by molar-refractivity contribution is -0.0619. The van der Waals surface area contributed by atoms with Crippen molar-refractivity contribution in [2.45, 2.75) is 38.3 Å². The Balaban J connectivity index is 1.12. The lowest BCUT2D eigenvalue weighted by atomic mass is 10.1. The molecule has 1 aliphatic carbocycles. The van der Waals surface area contributed by atoms with Crippen molar-refractivity contribution in [1.82, 2.24) is 14.9 Å². The van der Waals surface area contributed by atoms with E-state index in [1.54, 1.807) is 0 Å². The van der Waals surface area contributed by atoms with E-state index >= 15 is 0 Å². The summed E-state index contributed by atoms with van der Waals surface area (Å²) in [7, 11) is 0. The lowest BCUT2D eigenvalue weighted by Crippen LogP contribution is -2.46. The number of pyridine rings is 1. The van der Waals surface area contributed by atoms with Gasteiger partial charge in [-0.05, 0) is 49.8 Å². The highest BCUT2D eigenvalue weighted by molar-refractivity contribution is 5.99. The fraction of sp³-hybridized carbons (Fsp3) is 0.440. The maximum atomic E-state index is 12.6. The number of ether oxygens (including phenoxy) is 1. The van der Waals surface area contributed by atoms with E-state index in [1.807, 2.05) is 48.7 Å². The van der Waals surface area contributed by atoms with Gasteiger partial charge in [0, 0.05) is 48.2 Å². The summed E-state index contributed by atoms with van der Waals surface area (Å²) < 4.78 is 6.06. The van der Waals surface area contributed by atoms with Crippen LogP contribution < -0.4 is 5.73 Å². The van der Waals surface area contributed by atoms with E-state index in [4.69, 9.17) is 10.5 Å². The van der Waals surface area contributed by atoms with Gasteiger partial charge in [-0.2, -0.15) is 0 Å². The molecule has 31 heavy (non-hydrogen) atoms. The summed E-state index contributed by atoms with van der Waals surface area (Å²) in [6, 6.07) is 14.3. The summed E-state index contributed by atoms with van der Waals surface area (Å²) in [6.07, 6.45) is 4.68. The van der Waals surface area contributed by atoms with E-state index in [9.17, 15) is 4.79 Å². The van der Waals surface area contributed by atoms with Crippen molar-refractivity contribution in [3.8, 4) is 0 Å². The van der Waals surface area contributed by atoms with Gasteiger partial charge in [-0.3, -0.25) is 9.69 Å². The Kier molecular flexibility index (Phi) is 5.50. The zero-order valence-electron chi connectivity index (χ0n) is 18.0. The van der Waals surface area contributed by atoms with Gasteiger partial charge >= 0.3 is 0 Å². The normalized spacial score (nSPS) is 26.2. The molecule has 3 heterocycles. The van der Waals surface area contributed by atoms with Crippen LogP contribution in [0.1, 0.15) is 48.3 Å². The van der Waals surface area contributed by atoms with E-state index < -0.39 is 0 Å². The van der Waals surface area contributed by atoms with E-state index in [2.05, 4.69) is 21.8 Å². The number of rotatable bonds is 7. The second kappa shape index (κ2) is 8.44. The number of nitrogen functional groups attached to an aromatic ring is 1. The molecule has 4 atom stereocenters. The van der Waals surface area contributed by atoms with Crippen LogP contribution in [-0.4, -0.2) is 46.4 Å². The van der Waals surface area contributed by atoms with Crippen LogP contribution in [0.3, 0.4) is 0 Å². The Hall–Kier alpha value is -2.70. The van der Waals surface area contributed by atoms with E-state index in [0.29, 0.717) is 30.1 Å². The van der Waals surface area contributed by atoms with Gasteiger partial charge in [0.15, 0.2) is 5.78 Å². The Morgan fingerprint density at radius 3 is 2.94 bits per heavy atom. The van der Waals surface area contributed by atoms with Crippen LogP contribution in [-0.2, 0) is 4.74 Å². The Morgan fingerprint density at radius 2 is 2.13 bits per heavy atom. The molecule has 162 valence electrons. The SMILES string of the molecule is C[C@H]1CO[C@H](c2ccc(N)nc2)CN1CC1CC1CCC(=O)c1cc2ccccc2[nH]1. The second-order valence-electron chi connectivity index (χ2n) is 9.13. The molecule has 0 amide bonds. The zero-order valence-corrected chi connectivity index (χ0v) is 18.0. The number of morpholine rings is 1. The van der Waals surface area contributed by atoms with E-state index in [1.165, 1.54) is 6.42 Å². The molecule has 3 aromatic rings.